The van der Waals surface area contributed by atoms with E-state index in [9.17, 15) is 9.50 Å². The number of aliphatic hydroxyl groups is 1. The molecule has 9 heteroatoms. The average molecular weight is 479 g/mol. The summed E-state index contributed by atoms with van der Waals surface area (Å²) in [5.41, 5.74) is -0.889. The average Bonchev–Trinajstić information content (AvgIpc) is 3.46. The minimum absolute atomic E-state index is 0.360. The molecule has 8 nitrogen and oxygen atoms in total. The summed E-state index contributed by atoms with van der Waals surface area (Å²) in [6.07, 6.45) is 2.92. The van der Waals surface area contributed by atoms with Crippen LogP contribution in [0, 0.1) is 12.7 Å². The number of aryl methyl sites for hydroxylation is 1. The zero-order valence-corrected chi connectivity index (χ0v) is 20.1. The Hall–Kier alpha value is -3.72. The Kier molecular flexibility index (Phi) is 5.59. The van der Waals surface area contributed by atoms with E-state index < -0.39 is 11.2 Å². The number of methoxy groups -OCH3 is 1. The quantitative estimate of drug-likeness (QED) is 0.421. The number of halogens is 1. The van der Waals surface area contributed by atoms with Gasteiger partial charge in [-0.3, -0.25) is 0 Å². The van der Waals surface area contributed by atoms with Crippen LogP contribution in [0.5, 0.6) is 11.5 Å². The summed E-state index contributed by atoms with van der Waals surface area (Å²) < 4.78 is 33.1. The highest BCUT2D eigenvalue weighted by molar-refractivity contribution is 5.71. The van der Waals surface area contributed by atoms with Crippen LogP contribution in [0.3, 0.4) is 0 Å². The lowest BCUT2D eigenvalue weighted by atomic mass is 9.79. The molecule has 0 radical (unpaired) electrons. The Morgan fingerprint density at radius 3 is 2.57 bits per heavy atom. The molecule has 0 aliphatic carbocycles. The van der Waals surface area contributed by atoms with Gasteiger partial charge in [0, 0.05) is 19.0 Å². The van der Waals surface area contributed by atoms with Gasteiger partial charge < -0.3 is 23.6 Å². The first kappa shape index (κ1) is 23.0. The number of benzene rings is 2. The van der Waals surface area contributed by atoms with Gasteiger partial charge in [0.15, 0.2) is 28.9 Å². The van der Waals surface area contributed by atoms with Crippen molar-refractivity contribution < 1.29 is 23.4 Å². The van der Waals surface area contributed by atoms with Gasteiger partial charge >= 0.3 is 0 Å². The molecule has 0 amide bonds. The summed E-state index contributed by atoms with van der Waals surface area (Å²) in [6, 6.07) is 11.5. The van der Waals surface area contributed by atoms with Gasteiger partial charge in [-0.05, 0) is 63.1 Å². The normalized spacial score (nSPS) is 17.8. The summed E-state index contributed by atoms with van der Waals surface area (Å²) in [5, 5.41) is 20.2. The highest BCUT2D eigenvalue weighted by Crippen LogP contribution is 2.45. The number of oxazole rings is 1. The molecule has 0 spiro atoms. The van der Waals surface area contributed by atoms with E-state index >= 15 is 0 Å². The first-order valence-corrected chi connectivity index (χ1v) is 11.4. The summed E-state index contributed by atoms with van der Waals surface area (Å²) in [7, 11) is 1.60. The maximum atomic E-state index is 13.5. The summed E-state index contributed by atoms with van der Waals surface area (Å²) >= 11 is 0. The van der Waals surface area contributed by atoms with E-state index in [1.807, 2.05) is 22.8 Å². The fraction of sp³-hybridized carbons (Fsp3) is 0.346. The highest BCUT2D eigenvalue weighted by atomic mass is 19.1. The zero-order chi connectivity index (χ0) is 24.8. The molecule has 1 aliphatic heterocycles. The third kappa shape index (κ3) is 3.95. The van der Waals surface area contributed by atoms with Gasteiger partial charge in [-0.1, -0.05) is 6.07 Å². The second-order valence-electron chi connectivity index (χ2n) is 9.20. The first-order chi connectivity index (χ1) is 16.7. The van der Waals surface area contributed by atoms with Crippen LogP contribution in [-0.2, 0) is 12.1 Å². The number of nitrogens with zero attached hydrogens (tertiary/aromatic N) is 4. The Labute approximate surface area is 202 Å². The van der Waals surface area contributed by atoms with E-state index in [1.165, 1.54) is 12.1 Å². The SMILES string of the molecule is COc1cc(-c2nnc3n2CCCC3(Oc2ccc(F)cc2)C(C)(C)O)ccc1-c1cnc(C)o1. The highest BCUT2D eigenvalue weighted by Gasteiger charge is 2.53. The van der Waals surface area contributed by atoms with E-state index in [0.717, 1.165) is 17.5 Å². The lowest BCUT2D eigenvalue weighted by molar-refractivity contribution is -0.137. The van der Waals surface area contributed by atoms with E-state index in [-0.39, 0.29) is 5.82 Å². The largest absolute Gasteiger partial charge is 0.496 e. The predicted molar refractivity (Wildman–Crippen MR) is 126 cm³/mol. The monoisotopic (exact) mass is 478 g/mol. The van der Waals surface area contributed by atoms with E-state index in [0.29, 0.717) is 47.8 Å². The lowest BCUT2D eigenvalue weighted by Gasteiger charge is -2.44. The Morgan fingerprint density at radius 2 is 1.91 bits per heavy atom. The zero-order valence-electron chi connectivity index (χ0n) is 20.1. The van der Waals surface area contributed by atoms with Gasteiger partial charge in [0.05, 0.1) is 18.9 Å². The van der Waals surface area contributed by atoms with Gasteiger partial charge in [-0.15, -0.1) is 10.2 Å². The lowest BCUT2D eigenvalue weighted by Crippen LogP contribution is -2.55. The number of rotatable bonds is 6. The van der Waals surface area contributed by atoms with Crippen molar-refractivity contribution in [2.45, 2.75) is 51.4 Å². The van der Waals surface area contributed by atoms with Gasteiger partial charge in [-0.25, -0.2) is 9.37 Å². The van der Waals surface area contributed by atoms with Crippen LogP contribution in [-0.4, -0.2) is 37.6 Å². The van der Waals surface area contributed by atoms with Crippen LogP contribution < -0.4 is 9.47 Å². The Bertz CT molecular complexity index is 1360. The predicted octanol–water partition coefficient (Wildman–Crippen LogP) is 4.90. The molecule has 1 aliphatic rings. The van der Waals surface area contributed by atoms with E-state index in [2.05, 4.69) is 15.2 Å². The van der Waals surface area contributed by atoms with Gasteiger partial charge in [0.25, 0.3) is 0 Å². The minimum atomic E-state index is -1.30. The molecule has 1 N–H and O–H groups in total. The number of ether oxygens (including phenoxy) is 2. The van der Waals surface area contributed by atoms with Crippen molar-refractivity contribution >= 4 is 0 Å². The van der Waals surface area contributed by atoms with Crippen molar-refractivity contribution in [2.75, 3.05) is 7.11 Å². The summed E-state index contributed by atoms with van der Waals surface area (Å²) in [5.74, 6) is 3.04. The maximum absolute atomic E-state index is 13.5. The molecule has 4 aromatic rings. The molecule has 0 saturated heterocycles. The standard InChI is InChI=1S/C26H27FN4O4/c1-16-28-15-22(34-16)20-11-6-17(14-21(20)33-4)23-29-30-24-26(25(2,3)32,12-5-13-31(23)24)35-19-9-7-18(27)8-10-19/h6-11,14-15,32H,5,12-13H2,1-4H3. The molecule has 1 atom stereocenters. The summed E-state index contributed by atoms with van der Waals surface area (Å²) in [6.45, 7) is 5.83. The minimum Gasteiger partial charge on any atom is -0.496 e. The van der Waals surface area contributed by atoms with Gasteiger partial charge in [-0.2, -0.15) is 0 Å². The molecular formula is C26H27FN4O4. The topological polar surface area (TPSA) is 95.4 Å². The Balaban J connectivity index is 1.58. The molecule has 5 rings (SSSR count). The van der Waals surface area contributed by atoms with Gasteiger partial charge in [0.2, 0.25) is 0 Å². The fourth-order valence-corrected chi connectivity index (χ4v) is 4.65. The van der Waals surface area contributed by atoms with Crippen LogP contribution in [0.2, 0.25) is 0 Å². The van der Waals surface area contributed by atoms with Crippen molar-refractivity contribution in [3.8, 4) is 34.2 Å². The van der Waals surface area contributed by atoms with Crippen molar-refractivity contribution in [3.05, 3.63) is 66.2 Å². The number of hydrogen-bond acceptors (Lipinski definition) is 7. The number of fused-ring (bicyclic) bond motifs is 1. The van der Waals surface area contributed by atoms with Crippen LogP contribution in [0.25, 0.3) is 22.7 Å². The second kappa shape index (κ2) is 8.49. The van der Waals surface area contributed by atoms with Crippen LogP contribution in [0.4, 0.5) is 4.39 Å². The molecule has 1 unspecified atom stereocenters. The van der Waals surface area contributed by atoms with Gasteiger partial charge in [0.1, 0.15) is 22.9 Å². The second-order valence-corrected chi connectivity index (χ2v) is 9.20. The number of aromatic nitrogens is 4. The molecule has 0 bridgehead atoms. The fourth-order valence-electron chi connectivity index (χ4n) is 4.65. The third-order valence-electron chi connectivity index (χ3n) is 6.46. The van der Waals surface area contributed by atoms with E-state index in [1.54, 1.807) is 46.2 Å². The molecule has 182 valence electrons. The van der Waals surface area contributed by atoms with Crippen molar-refractivity contribution in [1.82, 2.24) is 19.7 Å². The Morgan fingerprint density at radius 1 is 1.14 bits per heavy atom. The molecule has 0 saturated carbocycles. The molecule has 35 heavy (non-hydrogen) atoms. The first-order valence-electron chi connectivity index (χ1n) is 11.4. The molecule has 3 heterocycles. The smallest absolute Gasteiger partial charge is 0.196 e. The third-order valence-corrected chi connectivity index (χ3v) is 6.46. The van der Waals surface area contributed by atoms with E-state index in [4.69, 9.17) is 13.9 Å². The summed E-state index contributed by atoms with van der Waals surface area (Å²) in [4.78, 5) is 4.17. The van der Waals surface area contributed by atoms with Crippen LogP contribution >= 0.6 is 0 Å². The molecule has 0 fully saturated rings. The number of hydrogen-bond donors (Lipinski definition) is 1. The van der Waals surface area contributed by atoms with Crippen LogP contribution in [0.15, 0.2) is 53.1 Å². The molecule has 2 aromatic heterocycles. The molecule has 2 aromatic carbocycles. The molecular weight excluding hydrogens is 451 g/mol. The van der Waals surface area contributed by atoms with Crippen molar-refractivity contribution in [3.63, 3.8) is 0 Å². The van der Waals surface area contributed by atoms with Crippen molar-refractivity contribution in [2.24, 2.45) is 0 Å². The maximum Gasteiger partial charge on any atom is 0.196 e. The van der Waals surface area contributed by atoms with Crippen LogP contribution in [0.1, 0.15) is 38.4 Å². The van der Waals surface area contributed by atoms with Crippen molar-refractivity contribution in [1.29, 1.82) is 0 Å².